The third-order valence-electron chi connectivity index (χ3n) is 5.65. The van der Waals surface area contributed by atoms with Crippen molar-refractivity contribution < 1.29 is 5.11 Å². The standard InChI is InChI=1S/C17H23NO/c19-17-8-2-6-13-14(17)9-10-16(13)18-11-3-5-12-4-1-7-15(12)18/h2,6,8,12,15-16,19H,1,3-5,7,9-11H2. The first-order valence-corrected chi connectivity index (χ1v) is 7.91. The molecule has 2 heteroatoms. The van der Waals surface area contributed by atoms with Gasteiger partial charge in [-0.25, -0.2) is 0 Å². The van der Waals surface area contributed by atoms with Crippen molar-refractivity contribution in [1.82, 2.24) is 4.90 Å². The predicted molar refractivity (Wildman–Crippen MR) is 76.2 cm³/mol. The van der Waals surface area contributed by atoms with Gasteiger partial charge in [0.15, 0.2) is 0 Å². The maximum atomic E-state index is 10.0. The molecule has 1 aromatic rings. The quantitative estimate of drug-likeness (QED) is 0.830. The van der Waals surface area contributed by atoms with Crippen molar-refractivity contribution in [1.29, 1.82) is 0 Å². The number of rotatable bonds is 1. The van der Waals surface area contributed by atoms with Crippen LogP contribution in [0.5, 0.6) is 5.75 Å². The average Bonchev–Trinajstić information content (AvgIpc) is 3.05. The largest absolute Gasteiger partial charge is 0.508 e. The van der Waals surface area contributed by atoms with Gasteiger partial charge >= 0.3 is 0 Å². The van der Waals surface area contributed by atoms with E-state index in [1.165, 1.54) is 56.2 Å². The minimum absolute atomic E-state index is 0.514. The molecule has 2 aliphatic carbocycles. The smallest absolute Gasteiger partial charge is 0.119 e. The lowest BCUT2D eigenvalue weighted by Gasteiger charge is -2.42. The summed E-state index contributed by atoms with van der Waals surface area (Å²) < 4.78 is 0. The van der Waals surface area contributed by atoms with Gasteiger partial charge in [-0.05, 0) is 68.2 Å². The topological polar surface area (TPSA) is 23.5 Å². The molecule has 1 saturated carbocycles. The molecule has 4 rings (SSSR count). The number of hydrogen-bond acceptors (Lipinski definition) is 2. The van der Waals surface area contributed by atoms with Crippen molar-refractivity contribution in [3.8, 4) is 5.75 Å². The van der Waals surface area contributed by atoms with E-state index in [4.69, 9.17) is 0 Å². The summed E-state index contributed by atoms with van der Waals surface area (Å²) in [7, 11) is 0. The summed E-state index contributed by atoms with van der Waals surface area (Å²) >= 11 is 0. The molecule has 19 heavy (non-hydrogen) atoms. The van der Waals surface area contributed by atoms with Gasteiger partial charge in [-0.15, -0.1) is 0 Å². The minimum Gasteiger partial charge on any atom is -0.508 e. The predicted octanol–water partition coefficient (Wildman–Crippen LogP) is 3.64. The van der Waals surface area contributed by atoms with Crippen LogP contribution in [0.4, 0.5) is 0 Å². The van der Waals surface area contributed by atoms with Crippen LogP contribution in [-0.4, -0.2) is 22.6 Å². The lowest BCUT2D eigenvalue weighted by molar-refractivity contribution is 0.0672. The molecule has 2 nitrogen and oxygen atoms in total. The molecule has 1 aromatic carbocycles. The molecule has 1 N–H and O–H groups in total. The molecule has 0 aromatic heterocycles. The van der Waals surface area contributed by atoms with Crippen molar-refractivity contribution in [2.75, 3.05) is 6.54 Å². The lowest BCUT2D eigenvalue weighted by atomic mass is 9.89. The Labute approximate surface area is 115 Å². The molecule has 3 aliphatic rings. The summed E-state index contributed by atoms with van der Waals surface area (Å²) in [5.74, 6) is 1.47. The van der Waals surface area contributed by atoms with Gasteiger partial charge in [0.1, 0.15) is 5.75 Å². The van der Waals surface area contributed by atoms with Crippen LogP contribution in [0.25, 0.3) is 0 Å². The van der Waals surface area contributed by atoms with Crippen LogP contribution in [0.2, 0.25) is 0 Å². The van der Waals surface area contributed by atoms with E-state index in [0.717, 1.165) is 18.4 Å². The van der Waals surface area contributed by atoms with Crippen molar-refractivity contribution in [2.45, 2.75) is 57.0 Å². The zero-order chi connectivity index (χ0) is 12.8. The van der Waals surface area contributed by atoms with E-state index in [9.17, 15) is 5.11 Å². The van der Waals surface area contributed by atoms with Gasteiger partial charge in [-0.2, -0.15) is 0 Å². The molecule has 1 aliphatic heterocycles. The molecule has 1 heterocycles. The van der Waals surface area contributed by atoms with Gasteiger partial charge < -0.3 is 5.11 Å². The van der Waals surface area contributed by atoms with Gasteiger partial charge in [0.2, 0.25) is 0 Å². The molecule has 0 radical (unpaired) electrons. The number of nitrogens with zero attached hydrogens (tertiary/aromatic N) is 1. The molecule has 1 saturated heterocycles. The van der Waals surface area contributed by atoms with E-state index in [-0.39, 0.29) is 0 Å². The molecule has 0 spiro atoms. The number of aromatic hydroxyl groups is 1. The number of benzene rings is 1. The first-order chi connectivity index (χ1) is 9.34. The van der Waals surface area contributed by atoms with Gasteiger partial charge in [0.05, 0.1) is 0 Å². The van der Waals surface area contributed by atoms with Gasteiger partial charge in [-0.3, -0.25) is 4.90 Å². The van der Waals surface area contributed by atoms with Crippen LogP contribution in [-0.2, 0) is 6.42 Å². The fourth-order valence-corrected chi connectivity index (χ4v) is 4.84. The van der Waals surface area contributed by atoms with E-state index >= 15 is 0 Å². The van der Waals surface area contributed by atoms with E-state index < -0.39 is 0 Å². The fourth-order valence-electron chi connectivity index (χ4n) is 4.84. The summed E-state index contributed by atoms with van der Waals surface area (Å²) in [6.07, 6.45) is 9.34. The van der Waals surface area contributed by atoms with Gasteiger partial charge in [-0.1, -0.05) is 18.6 Å². The van der Waals surface area contributed by atoms with Gasteiger partial charge in [0.25, 0.3) is 0 Å². The molecule has 3 atom stereocenters. The number of hydrogen-bond donors (Lipinski definition) is 1. The summed E-state index contributed by atoms with van der Waals surface area (Å²) in [5.41, 5.74) is 2.63. The van der Waals surface area contributed by atoms with E-state index in [0.29, 0.717) is 11.8 Å². The third kappa shape index (κ3) is 1.80. The highest BCUT2D eigenvalue weighted by Gasteiger charge is 2.40. The summed E-state index contributed by atoms with van der Waals surface area (Å²) in [6.45, 7) is 1.26. The van der Waals surface area contributed by atoms with Crippen LogP contribution >= 0.6 is 0 Å². The Balaban J connectivity index is 1.66. The summed E-state index contributed by atoms with van der Waals surface area (Å²) in [4.78, 5) is 2.78. The Hall–Kier alpha value is -1.02. The molecule has 3 unspecified atom stereocenters. The van der Waals surface area contributed by atoms with Crippen molar-refractivity contribution in [3.63, 3.8) is 0 Å². The number of phenolic OH excluding ortho intramolecular Hbond substituents is 1. The normalized spacial score (nSPS) is 34.2. The molecule has 0 amide bonds. The Kier molecular flexibility index (Phi) is 2.80. The Morgan fingerprint density at radius 3 is 2.89 bits per heavy atom. The lowest BCUT2D eigenvalue weighted by Crippen LogP contribution is -2.44. The molecular formula is C17H23NO. The van der Waals surface area contributed by atoms with E-state index in [2.05, 4.69) is 11.0 Å². The highest BCUT2D eigenvalue weighted by atomic mass is 16.3. The number of fused-ring (bicyclic) bond motifs is 2. The van der Waals surface area contributed by atoms with Crippen molar-refractivity contribution in [2.24, 2.45) is 5.92 Å². The fraction of sp³-hybridized carbons (Fsp3) is 0.647. The highest BCUT2D eigenvalue weighted by molar-refractivity contribution is 5.44. The van der Waals surface area contributed by atoms with Crippen LogP contribution in [0.15, 0.2) is 18.2 Å². The monoisotopic (exact) mass is 257 g/mol. The third-order valence-corrected chi connectivity index (χ3v) is 5.65. The Bertz CT molecular complexity index is 484. The van der Waals surface area contributed by atoms with Crippen LogP contribution in [0.1, 0.15) is 55.7 Å². The second-order valence-corrected chi connectivity index (χ2v) is 6.54. The Morgan fingerprint density at radius 2 is 1.95 bits per heavy atom. The SMILES string of the molecule is Oc1cccc2c1CCC2N1CCCC2CCCC21. The first-order valence-electron chi connectivity index (χ1n) is 7.91. The molecule has 0 bridgehead atoms. The number of phenols is 1. The second-order valence-electron chi connectivity index (χ2n) is 6.54. The van der Waals surface area contributed by atoms with Crippen LogP contribution in [0, 0.1) is 5.92 Å². The molecular weight excluding hydrogens is 234 g/mol. The molecule has 2 fully saturated rings. The minimum atomic E-state index is 0.514. The number of piperidine rings is 1. The van der Waals surface area contributed by atoms with E-state index in [1.807, 2.05) is 12.1 Å². The zero-order valence-electron chi connectivity index (χ0n) is 11.5. The van der Waals surface area contributed by atoms with Crippen molar-refractivity contribution >= 4 is 0 Å². The average molecular weight is 257 g/mol. The first kappa shape index (κ1) is 11.8. The van der Waals surface area contributed by atoms with Gasteiger partial charge in [0, 0.05) is 12.1 Å². The second kappa shape index (κ2) is 4.52. The highest BCUT2D eigenvalue weighted by Crippen LogP contribution is 2.46. The number of likely N-dealkylation sites (tertiary alicyclic amines) is 1. The molecule has 102 valence electrons. The van der Waals surface area contributed by atoms with E-state index in [1.54, 1.807) is 0 Å². The van der Waals surface area contributed by atoms with Crippen molar-refractivity contribution in [3.05, 3.63) is 29.3 Å². The summed E-state index contributed by atoms with van der Waals surface area (Å²) in [5, 5.41) is 10.0. The summed E-state index contributed by atoms with van der Waals surface area (Å²) in [6, 6.07) is 7.50. The zero-order valence-corrected chi connectivity index (χ0v) is 11.5. The Morgan fingerprint density at radius 1 is 1.05 bits per heavy atom. The van der Waals surface area contributed by atoms with Crippen LogP contribution in [0.3, 0.4) is 0 Å². The maximum Gasteiger partial charge on any atom is 0.119 e. The maximum absolute atomic E-state index is 10.0. The van der Waals surface area contributed by atoms with Crippen LogP contribution < -0.4 is 0 Å².